The summed E-state index contributed by atoms with van der Waals surface area (Å²) in [5, 5.41) is 13.6. The van der Waals surface area contributed by atoms with Gasteiger partial charge in [0.05, 0.1) is 7.11 Å². The minimum absolute atomic E-state index is 0.229. The SMILES string of the molecule is COc1ccc2cn(-c3ccc4c(c3)c(C)cn4C)c(O)c2c1. The van der Waals surface area contributed by atoms with Crippen LogP contribution in [-0.4, -0.2) is 21.4 Å². The molecule has 0 bridgehead atoms. The minimum atomic E-state index is 0.229. The lowest BCUT2D eigenvalue weighted by Crippen LogP contribution is -1.91. The zero-order valence-electron chi connectivity index (χ0n) is 13.4. The predicted octanol–water partition coefficient (Wildman–Crippen LogP) is 4.14. The quantitative estimate of drug-likeness (QED) is 0.604. The fraction of sp³-hybridized carbons (Fsp3) is 0.158. The average molecular weight is 306 g/mol. The van der Waals surface area contributed by atoms with Crippen molar-refractivity contribution in [2.75, 3.05) is 7.11 Å². The second-order valence-corrected chi connectivity index (χ2v) is 5.90. The summed E-state index contributed by atoms with van der Waals surface area (Å²) in [6, 6.07) is 11.9. The van der Waals surface area contributed by atoms with Gasteiger partial charge in [-0.25, -0.2) is 0 Å². The van der Waals surface area contributed by atoms with E-state index in [0.29, 0.717) is 0 Å². The van der Waals surface area contributed by atoms with Crippen molar-refractivity contribution in [3.8, 4) is 17.3 Å². The Labute approximate surface area is 134 Å². The molecule has 23 heavy (non-hydrogen) atoms. The van der Waals surface area contributed by atoms with Gasteiger partial charge in [-0.2, -0.15) is 0 Å². The molecule has 0 saturated carbocycles. The molecule has 0 radical (unpaired) electrons. The van der Waals surface area contributed by atoms with Crippen molar-refractivity contribution in [2.24, 2.45) is 7.05 Å². The van der Waals surface area contributed by atoms with Gasteiger partial charge in [-0.1, -0.05) is 0 Å². The third kappa shape index (κ3) is 1.99. The highest BCUT2D eigenvalue weighted by atomic mass is 16.5. The van der Waals surface area contributed by atoms with Crippen LogP contribution in [0.15, 0.2) is 48.8 Å². The highest BCUT2D eigenvalue weighted by Gasteiger charge is 2.12. The van der Waals surface area contributed by atoms with E-state index in [2.05, 4.69) is 29.8 Å². The first kappa shape index (κ1) is 13.8. The van der Waals surface area contributed by atoms with Gasteiger partial charge in [0.25, 0.3) is 0 Å². The summed E-state index contributed by atoms with van der Waals surface area (Å²) in [5.74, 6) is 0.965. The monoisotopic (exact) mass is 306 g/mol. The number of aromatic nitrogens is 2. The van der Waals surface area contributed by atoms with Crippen molar-refractivity contribution >= 4 is 21.7 Å². The number of fused-ring (bicyclic) bond motifs is 2. The van der Waals surface area contributed by atoms with Crippen LogP contribution >= 0.6 is 0 Å². The van der Waals surface area contributed by atoms with Crippen LogP contribution in [0, 0.1) is 6.92 Å². The molecule has 4 heteroatoms. The van der Waals surface area contributed by atoms with Crippen molar-refractivity contribution in [3.05, 3.63) is 54.4 Å². The van der Waals surface area contributed by atoms with Gasteiger partial charge in [-0.3, -0.25) is 4.57 Å². The first-order valence-electron chi connectivity index (χ1n) is 7.52. The number of hydrogen-bond donors (Lipinski definition) is 1. The van der Waals surface area contributed by atoms with Gasteiger partial charge in [0.15, 0.2) is 0 Å². The van der Waals surface area contributed by atoms with Crippen LogP contribution < -0.4 is 4.74 Å². The summed E-state index contributed by atoms with van der Waals surface area (Å²) in [6.45, 7) is 2.10. The first-order chi connectivity index (χ1) is 11.1. The largest absolute Gasteiger partial charge is 0.497 e. The second kappa shape index (κ2) is 4.81. The third-order valence-corrected chi connectivity index (χ3v) is 4.45. The molecule has 0 unspecified atom stereocenters. The minimum Gasteiger partial charge on any atom is -0.497 e. The number of benzene rings is 2. The molecule has 0 aliphatic carbocycles. The molecule has 4 aromatic rings. The van der Waals surface area contributed by atoms with E-state index in [0.717, 1.165) is 22.2 Å². The van der Waals surface area contributed by atoms with Gasteiger partial charge >= 0.3 is 0 Å². The Bertz CT molecular complexity index is 1040. The van der Waals surface area contributed by atoms with Gasteiger partial charge in [-0.05, 0) is 48.9 Å². The van der Waals surface area contributed by atoms with Crippen LogP contribution in [0.2, 0.25) is 0 Å². The number of ether oxygens (including phenoxy) is 1. The van der Waals surface area contributed by atoms with Crippen molar-refractivity contribution in [2.45, 2.75) is 6.92 Å². The molecule has 116 valence electrons. The highest BCUT2D eigenvalue weighted by Crippen LogP contribution is 2.34. The molecule has 2 aromatic heterocycles. The Balaban J connectivity index is 1.95. The van der Waals surface area contributed by atoms with E-state index in [1.54, 1.807) is 7.11 Å². The zero-order chi connectivity index (χ0) is 16.1. The molecule has 2 aromatic carbocycles. The molecule has 1 N–H and O–H groups in total. The Kier molecular flexibility index (Phi) is 2.88. The van der Waals surface area contributed by atoms with E-state index in [9.17, 15) is 5.11 Å². The van der Waals surface area contributed by atoms with Crippen molar-refractivity contribution in [3.63, 3.8) is 0 Å². The normalized spacial score (nSPS) is 11.4. The summed E-state index contributed by atoms with van der Waals surface area (Å²) >= 11 is 0. The van der Waals surface area contributed by atoms with Crippen LogP contribution in [0.1, 0.15) is 5.56 Å². The van der Waals surface area contributed by atoms with E-state index in [1.807, 2.05) is 42.1 Å². The highest BCUT2D eigenvalue weighted by molar-refractivity contribution is 5.91. The van der Waals surface area contributed by atoms with Crippen LogP contribution in [0.25, 0.3) is 27.4 Å². The molecule has 2 heterocycles. The molecule has 0 aliphatic rings. The number of nitrogens with zero attached hydrogens (tertiary/aromatic N) is 2. The van der Waals surface area contributed by atoms with Crippen molar-refractivity contribution in [1.29, 1.82) is 0 Å². The summed E-state index contributed by atoms with van der Waals surface area (Å²) in [5.41, 5.74) is 3.35. The van der Waals surface area contributed by atoms with E-state index in [-0.39, 0.29) is 5.88 Å². The molecule has 0 fully saturated rings. The number of aromatic hydroxyl groups is 1. The predicted molar refractivity (Wildman–Crippen MR) is 92.7 cm³/mol. The Hall–Kier alpha value is -2.88. The van der Waals surface area contributed by atoms with Crippen molar-refractivity contribution in [1.82, 2.24) is 9.13 Å². The Morgan fingerprint density at radius 1 is 1.00 bits per heavy atom. The van der Waals surface area contributed by atoms with Gasteiger partial charge in [0.2, 0.25) is 5.88 Å². The summed E-state index contributed by atoms with van der Waals surface area (Å²) < 4.78 is 9.18. The lowest BCUT2D eigenvalue weighted by Gasteiger charge is -2.06. The molecule has 0 atom stereocenters. The van der Waals surface area contributed by atoms with Gasteiger partial charge < -0.3 is 14.4 Å². The van der Waals surface area contributed by atoms with Crippen LogP contribution in [-0.2, 0) is 7.05 Å². The fourth-order valence-corrected chi connectivity index (χ4v) is 3.22. The Morgan fingerprint density at radius 2 is 1.83 bits per heavy atom. The molecule has 0 aliphatic heterocycles. The summed E-state index contributed by atoms with van der Waals surface area (Å²) in [4.78, 5) is 0. The van der Waals surface area contributed by atoms with E-state index in [4.69, 9.17) is 4.74 Å². The van der Waals surface area contributed by atoms with Gasteiger partial charge in [0.1, 0.15) is 5.75 Å². The first-order valence-corrected chi connectivity index (χ1v) is 7.52. The molecule has 0 saturated heterocycles. The number of rotatable bonds is 2. The smallest absolute Gasteiger partial charge is 0.203 e. The standard InChI is InChI=1S/C19H18N2O2/c1-12-10-20(2)18-7-5-14(8-16(12)18)21-11-13-4-6-15(23-3)9-17(13)19(21)22/h4-11,22H,1-3H3. The number of hydrogen-bond acceptors (Lipinski definition) is 2. The van der Waals surface area contributed by atoms with Crippen LogP contribution in [0.3, 0.4) is 0 Å². The average Bonchev–Trinajstić information content (AvgIpc) is 3.04. The van der Waals surface area contributed by atoms with Gasteiger partial charge in [-0.15, -0.1) is 0 Å². The summed E-state index contributed by atoms with van der Waals surface area (Å²) in [7, 11) is 3.67. The van der Waals surface area contributed by atoms with E-state index < -0.39 is 0 Å². The topological polar surface area (TPSA) is 39.3 Å². The van der Waals surface area contributed by atoms with Crippen LogP contribution in [0.4, 0.5) is 0 Å². The maximum absolute atomic E-state index is 10.6. The molecule has 0 spiro atoms. The maximum Gasteiger partial charge on any atom is 0.203 e. The van der Waals surface area contributed by atoms with Crippen LogP contribution in [0.5, 0.6) is 11.6 Å². The summed E-state index contributed by atoms with van der Waals surface area (Å²) in [6.07, 6.45) is 4.06. The molecular formula is C19H18N2O2. The number of methoxy groups -OCH3 is 1. The number of aryl methyl sites for hydroxylation is 2. The lowest BCUT2D eigenvalue weighted by molar-refractivity contribution is 0.414. The zero-order valence-corrected chi connectivity index (χ0v) is 13.4. The fourth-order valence-electron chi connectivity index (χ4n) is 3.22. The molecule has 4 nitrogen and oxygen atoms in total. The maximum atomic E-state index is 10.6. The van der Waals surface area contributed by atoms with Crippen molar-refractivity contribution < 1.29 is 9.84 Å². The Morgan fingerprint density at radius 3 is 2.61 bits per heavy atom. The van der Waals surface area contributed by atoms with Gasteiger partial charge in [0, 0.05) is 46.8 Å². The molecule has 4 rings (SSSR count). The molecule has 0 amide bonds. The third-order valence-electron chi connectivity index (χ3n) is 4.45. The van der Waals surface area contributed by atoms with E-state index >= 15 is 0 Å². The second-order valence-electron chi connectivity index (χ2n) is 5.90. The molecular weight excluding hydrogens is 288 g/mol. The lowest BCUT2D eigenvalue weighted by atomic mass is 10.2. The van der Waals surface area contributed by atoms with E-state index in [1.165, 1.54) is 16.5 Å².